The van der Waals surface area contributed by atoms with Crippen LogP contribution in [0.4, 0.5) is 11.6 Å². The van der Waals surface area contributed by atoms with Gasteiger partial charge in [-0.05, 0) is 54.8 Å². The number of nitrogens with one attached hydrogen (secondary N) is 2. The van der Waals surface area contributed by atoms with Crippen molar-refractivity contribution in [2.45, 2.75) is 13.3 Å². The molecule has 0 aliphatic heterocycles. The quantitative estimate of drug-likeness (QED) is 0.620. The maximum atomic E-state index is 12.5. The Hall–Kier alpha value is -3.12. The Morgan fingerprint density at radius 1 is 1.18 bits per heavy atom. The topological polar surface area (TPSA) is 76.1 Å². The summed E-state index contributed by atoms with van der Waals surface area (Å²) in [5.41, 5.74) is 2.88. The molecule has 0 saturated heterocycles. The molecule has 7 heteroatoms. The highest BCUT2D eigenvalue weighted by Gasteiger charge is 2.11. The second-order valence-electron chi connectivity index (χ2n) is 6.16. The fourth-order valence-corrected chi connectivity index (χ4v) is 2.82. The van der Waals surface area contributed by atoms with Gasteiger partial charge >= 0.3 is 0 Å². The molecule has 144 valence electrons. The predicted molar refractivity (Wildman–Crippen MR) is 111 cm³/mol. The number of carbonyl (C=O) groups excluding carboxylic acids is 1. The summed E-state index contributed by atoms with van der Waals surface area (Å²) in [7, 11) is 1.65. The third-order valence-corrected chi connectivity index (χ3v) is 4.64. The molecule has 2 aromatic carbocycles. The third-order valence-electron chi connectivity index (χ3n) is 4.24. The number of methoxy groups -OCH3 is 1. The maximum absolute atomic E-state index is 12.5. The molecule has 0 radical (unpaired) electrons. The highest BCUT2D eigenvalue weighted by atomic mass is 35.5. The lowest BCUT2D eigenvalue weighted by atomic mass is 10.1. The van der Waals surface area contributed by atoms with Crippen molar-refractivity contribution in [3.63, 3.8) is 0 Å². The molecule has 1 amide bonds. The van der Waals surface area contributed by atoms with Crippen LogP contribution in [0.2, 0.25) is 5.02 Å². The minimum atomic E-state index is -0.316. The van der Waals surface area contributed by atoms with Crippen molar-refractivity contribution in [1.29, 1.82) is 0 Å². The molecule has 3 rings (SSSR count). The molecule has 6 nitrogen and oxygen atoms in total. The molecule has 0 spiro atoms. The van der Waals surface area contributed by atoms with Crippen molar-refractivity contribution in [1.82, 2.24) is 9.97 Å². The van der Waals surface area contributed by atoms with Gasteiger partial charge in [0.1, 0.15) is 11.4 Å². The van der Waals surface area contributed by atoms with E-state index in [2.05, 4.69) is 20.6 Å². The fourth-order valence-electron chi connectivity index (χ4n) is 2.65. The van der Waals surface area contributed by atoms with E-state index in [9.17, 15) is 4.79 Å². The van der Waals surface area contributed by atoms with Gasteiger partial charge in [0.05, 0.1) is 7.11 Å². The zero-order valence-electron chi connectivity index (χ0n) is 15.7. The molecule has 1 aromatic heterocycles. The SMILES string of the molecule is COc1cccc(CCNc2nccc(C(=O)Nc3cccc(Cl)c3C)n2)c1. The highest BCUT2D eigenvalue weighted by Crippen LogP contribution is 2.23. The zero-order valence-corrected chi connectivity index (χ0v) is 16.5. The van der Waals surface area contributed by atoms with Crippen molar-refractivity contribution in [3.05, 3.63) is 76.6 Å². The van der Waals surface area contributed by atoms with E-state index in [1.165, 1.54) is 0 Å². The van der Waals surface area contributed by atoms with Crippen LogP contribution in [-0.2, 0) is 6.42 Å². The summed E-state index contributed by atoms with van der Waals surface area (Å²) in [5, 5.41) is 6.58. The Morgan fingerprint density at radius 3 is 2.82 bits per heavy atom. The van der Waals surface area contributed by atoms with Crippen LogP contribution in [0, 0.1) is 6.92 Å². The molecule has 0 unspecified atom stereocenters. The second-order valence-corrected chi connectivity index (χ2v) is 6.57. The molecule has 1 heterocycles. The van der Waals surface area contributed by atoms with Crippen LogP contribution in [-0.4, -0.2) is 29.5 Å². The van der Waals surface area contributed by atoms with Gasteiger partial charge in [0.2, 0.25) is 5.95 Å². The molecular formula is C21H21ClN4O2. The van der Waals surface area contributed by atoms with Crippen molar-refractivity contribution in [2.75, 3.05) is 24.3 Å². The standard InChI is InChI=1S/C21H21ClN4O2/c1-14-17(22)7-4-8-18(14)25-20(27)19-10-12-24-21(26-19)23-11-9-15-5-3-6-16(13-15)28-2/h3-8,10,12-13H,9,11H2,1-2H3,(H,25,27)(H,23,24,26). The molecule has 28 heavy (non-hydrogen) atoms. The average Bonchev–Trinajstić information content (AvgIpc) is 2.72. The normalized spacial score (nSPS) is 10.4. The first-order valence-electron chi connectivity index (χ1n) is 8.83. The van der Waals surface area contributed by atoms with Gasteiger partial charge in [0.25, 0.3) is 5.91 Å². The first kappa shape index (κ1) is 19.6. The summed E-state index contributed by atoms with van der Waals surface area (Å²) in [5.74, 6) is 0.908. The summed E-state index contributed by atoms with van der Waals surface area (Å²) >= 11 is 6.10. The van der Waals surface area contributed by atoms with Gasteiger partial charge in [-0.1, -0.05) is 29.8 Å². The van der Waals surface area contributed by atoms with Crippen LogP contribution in [0.15, 0.2) is 54.7 Å². The Morgan fingerprint density at radius 2 is 2.00 bits per heavy atom. The predicted octanol–water partition coefficient (Wildman–Crippen LogP) is 4.35. The van der Waals surface area contributed by atoms with Crippen molar-refractivity contribution >= 4 is 29.1 Å². The van der Waals surface area contributed by atoms with E-state index in [1.807, 2.05) is 31.2 Å². The molecule has 0 bridgehead atoms. The van der Waals surface area contributed by atoms with Gasteiger partial charge in [-0.25, -0.2) is 9.97 Å². The molecule has 0 fully saturated rings. The summed E-state index contributed by atoms with van der Waals surface area (Å²) < 4.78 is 5.23. The minimum absolute atomic E-state index is 0.276. The first-order chi connectivity index (χ1) is 13.6. The number of carbonyl (C=O) groups is 1. The van der Waals surface area contributed by atoms with Crippen LogP contribution < -0.4 is 15.4 Å². The Labute approximate surface area is 168 Å². The number of amides is 1. The number of halogens is 1. The van der Waals surface area contributed by atoms with Gasteiger partial charge in [-0.2, -0.15) is 0 Å². The smallest absolute Gasteiger partial charge is 0.274 e. The zero-order chi connectivity index (χ0) is 19.9. The Balaban J connectivity index is 1.61. The van der Waals surface area contributed by atoms with E-state index in [0.29, 0.717) is 23.2 Å². The number of aromatic nitrogens is 2. The third kappa shape index (κ3) is 4.98. The van der Waals surface area contributed by atoms with Crippen LogP contribution in [0.25, 0.3) is 0 Å². The lowest BCUT2D eigenvalue weighted by Crippen LogP contribution is -2.16. The molecule has 2 N–H and O–H groups in total. The first-order valence-corrected chi connectivity index (χ1v) is 9.21. The van der Waals surface area contributed by atoms with E-state index >= 15 is 0 Å². The summed E-state index contributed by atoms with van der Waals surface area (Å²) in [6.45, 7) is 2.48. The fraction of sp³-hybridized carbons (Fsp3) is 0.190. The van der Waals surface area contributed by atoms with Gasteiger partial charge < -0.3 is 15.4 Å². The van der Waals surface area contributed by atoms with Gasteiger partial charge in [0.15, 0.2) is 0 Å². The van der Waals surface area contributed by atoms with Crippen molar-refractivity contribution in [3.8, 4) is 5.75 Å². The molecule has 0 aliphatic rings. The second kappa shape index (κ2) is 9.19. The number of benzene rings is 2. The van der Waals surface area contributed by atoms with Crippen LogP contribution in [0.5, 0.6) is 5.75 Å². The maximum Gasteiger partial charge on any atom is 0.274 e. The average molecular weight is 397 g/mol. The number of rotatable bonds is 7. The van der Waals surface area contributed by atoms with Crippen molar-refractivity contribution in [2.24, 2.45) is 0 Å². The van der Waals surface area contributed by atoms with Crippen LogP contribution in [0.1, 0.15) is 21.6 Å². The molecular weight excluding hydrogens is 376 g/mol. The summed E-state index contributed by atoms with van der Waals surface area (Å²) in [4.78, 5) is 21.0. The number of ether oxygens (including phenoxy) is 1. The summed E-state index contributed by atoms with van der Waals surface area (Å²) in [6.07, 6.45) is 2.33. The minimum Gasteiger partial charge on any atom is -0.497 e. The van der Waals surface area contributed by atoms with Crippen molar-refractivity contribution < 1.29 is 9.53 Å². The van der Waals surface area contributed by atoms with Gasteiger partial charge in [-0.3, -0.25) is 4.79 Å². The number of nitrogens with zero attached hydrogens (tertiary/aromatic N) is 2. The lowest BCUT2D eigenvalue weighted by Gasteiger charge is -2.10. The molecule has 0 saturated carbocycles. The van der Waals surface area contributed by atoms with E-state index in [1.54, 1.807) is 37.6 Å². The molecule has 0 atom stereocenters. The number of hydrogen-bond donors (Lipinski definition) is 2. The monoisotopic (exact) mass is 396 g/mol. The van der Waals surface area contributed by atoms with Crippen LogP contribution >= 0.6 is 11.6 Å². The highest BCUT2D eigenvalue weighted by molar-refractivity contribution is 6.31. The molecule has 3 aromatic rings. The number of hydrogen-bond acceptors (Lipinski definition) is 5. The van der Waals surface area contributed by atoms with E-state index in [4.69, 9.17) is 16.3 Å². The van der Waals surface area contributed by atoms with Gasteiger partial charge in [0, 0.05) is 23.5 Å². The van der Waals surface area contributed by atoms with E-state index < -0.39 is 0 Å². The Kier molecular flexibility index (Phi) is 6.45. The number of anilines is 2. The lowest BCUT2D eigenvalue weighted by molar-refractivity contribution is 0.102. The summed E-state index contributed by atoms with van der Waals surface area (Å²) in [6, 6.07) is 14.8. The van der Waals surface area contributed by atoms with Crippen LogP contribution in [0.3, 0.4) is 0 Å². The molecule has 0 aliphatic carbocycles. The van der Waals surface area contributed by atoms with E-state index in [0.717, 1.165) is 23.3 Å². The van der Waals surface area contributed by atoms with E-state index in [-0.39, 0.29) is 11.6 Å². The van der Waals surface area contributed by atoms with Gasteiger partial charge in [-0.15, -0.1) is 0 Å². The Bertz CT molecular complexity index is 978. The largest absolute Gasteiger partial charge is 0.497 e.